The fourth-order valence-corrected chi connectivity index (χ4v) is 2.52. The van der Waals surface area contributed by atoms with Gasteiger partial charge in [-0.3, -0.25) is 19.9 Å². The van der Waals surface area contributed by atoms with Gasteiger partial charge < -0.3 is 10.6 Å². The maximum absolute atomic E-state index is 11.7. The minimum absolute atomic E-state index is 0.0189. The van der Waals surface area contributed by atoms with Crippen LogP contribution >= 0.6 is 0 Å². The first-order chi connectivity index (χ1) is 12.5. The van der Waals surface area contributed by atoms with Gasteiger partial charge in [0.15, 0.2) is 0 Å². The molecular weight excluding hydrogens is 332 g/mol. The lowest BCUT2D eigenvalue weighted by Crippen LogP contribution is -2.17. The van der Waals surface area contributed by atoms with Crippen LogP contribution in [0.3, 0.4) is 0 Å². The number of pyridine rings is 1. The van der Waals surface area contributed by atoms with Crippen molar-refractivity contribution in [3.8, 4) is 0 Å². The van der Waals surface area contributed by atoms with E-state index in [0.717, 1.165) is 11.4 Å². The Bertz CT molecular complexity index is 968. The number of hydrogen-bond acceptors (Lipinski definition) is 5. The summed E-state index contributed by atoms with van der Waals surface area (Å²) in [5.74, 6) is -0.132. The Labute approximate surface area is 150 Å². The van der Waals surface area contributed by atoms with E-state index in [1.807, 2.05) is 26.0 Å². The highest BCUT2D eigenvalue weighted by atomic mass is 16.6. The van der Waals surface area contributed by atoms with E-state index in [9.17, 15) is 14.9 Å². The number of hydrogen-bond donors (Lipinski definition) is 2. The average Bonchev–Trinajstić information content (AvgIpc) is 2.63. The number of carbonyl (C=O) groups excluding carboxylic acids is 1. The summed E-state index contributed by atoms with van der Waals surface area (Å²) in [6.07, 6.45) is 3.09. The Morgan fingerprint density at radius 3 is 2.38 bits per heavy atom. The van der Waals surface area contributed by atoms with Crippen LogP contribution in [-0.2, 0) is 4.79 Å². The Hall–Kier alpha value is -3.48. The van der Waals surface area contributed by atoms with Crippen molar-refractivity contribution in [2.75, 3.05) is 10.6 Å². The fraction of sp³-hybridized carbons (Fsp3) is 0.158. The Balaban J connectivity index is 1.87. The van der Waals surface area contributed by atoms with Gasteiger partial charge in [0.05, 0.1) is 10.3 Å². The molecule has 1 aromatic heterocycles. The van der Waals surface area contributed by atoms with E-state index in [1.165, 1.54) is 12.3 Å². The van der Waals surface area contributed by atoms with Gasteiger partial charge in [-0.1, -0.05) is 13.8 Å². The van der Waals surface area contributed by atoms with Gasteiger partial charge in [0, 0.05) is 46.8 Å². The van der Waals surface area contributed by atoms with Crippen molar-refractivity contribution in [3.05, 3.63) is 65.0 Å². The largest absolute Gasteiger partial charge is 0.355 e. The van der Waals surface area contributed by atoms with E-state index >= 15 is 0 Å². The Morgan fingerprint density at radius 1 is 1.04 bits per heavy atom. The highest BCUT2D eigenvalue weighted by Crippen LogP contribution is 2.32. The maximum atomic E-state index is 11.7. The topological polar surface area (TPSA) is 97.2 Å². The second-order valence-electron chi connectivity index (χ2n) is 6.16. The predicted molar refractivity (Wildman–Crippen MR) is 102 cm³/mol. The van der Waals surface area contributed by atoms with Gasteiger partial charge in [0.2, 0.25) is 5.91 Å². The van der Waals surface area contributed by atoms with Crippen molar-refractivity contribution in [2.45, 2.75) is 13.8 Å². The molecule has 0 spiro atoms. The van der Waals surface area contributed by atoms with Crippen LogP contribution in [0.25, 0.3) is 10.8 Å². The molecule has 1 amide bonds. The Morgan fingerprint density at radius 2 is 1.73 bits per heavy atom. The number of fused-ring (bicyclic) bond motifs is 1. The van der Waals surface area contributed by atoms with Crippen LogP contribution in [0.15, 0.2) is 54.9 Å². The quantitative estimate of drug-likeness (QED) is 0.522. The van der Waals surface area contributed by atoms with Crippen molar-refractivity contribution >= 4 is 39.4 Å². The average molecular weight is 350 g/mol. The molecule has 2 aromatic carbocycles. The van der Waals surface area contributed by atoms with Gasteiger partial charge in [0.25, 0.3) is 5.69 Å². The minimum Gasteiger partial charge on any atom is -0.355 e. The predicted octanol–water partition coefficient (Wildman–Crippen LogP) is 4.48. The van der Waals surface area contributed by atoms with Crippen LogP contribution in [0.5, 0.6) is 0 Å². The normalized spacial score (nSPS) is 10.7. The van der Waals surface area contributed by atoms with Gasteiger partial charge in [-0.25, -0.2) is 0 Å². The molecule has 0 aliphatic rings. The number of amides is 1. The fourth-order valence-electron chi connectivity index (χ4n) is 2.52. The number of non-ortho nitro benzene ring substituents is 1. The van der Waals surface area contributed by atoms with Gasteiger partial charge in [-0.05, 0) is 36.4 Å². The lowest BCUT2D eigenvalue weighted by Gasteiger charge is -2.12. The molecule has 0 atom stereocenters. The lowest BCUT2D eigenvalue weighted by molar-refractivity contribution is -0.383. The summed E-state index contributed by atoms with van der Waals surface area (Å²) in [5, 5.41) is 18.5. The van der Waals surface area contributed by atoms with Crippen molar-refractivity contribution in [1.29, 1.82) is 0 Å². The molecule has 132 valence electrons. The molecule has 0 radical (unpaired) electrons. The van der Waals surface area contributed by atoms with Crippen LogP contribution in [0.1, 0.15) is 13.8 Å². The molecule has 26 heavy (non-hydrogen) atoms. The SMILES string of the molecule is CC(C)C(=O)Nc1ccc(Nc2ccc([N+](=O)[O-])c3cnccc23)cc1. The molecule has 0 aliphatic heterocycles. The first kappa shape index (κ1) is 17.3. The van der Waals surface area contributed by atoms with Crippen LogP contribution in [0, 0.1) is 16.0 Å². The zero-order valence-electron chi connectivity index (χ0n) is 14.4. The molecule has 0 saturated heterocycles. The van der Waals surface area contributed by atoms with E-state index in [1.54, 1.807) is 30.5 Å². The molecule has 0 fully saturated rings. The number of carbonyl (C=O) groups is 1. The third kappa shape index (κ3) is 3.61. The molecule has 0 bridgehead atoms. The number of anilines is 3. The monoisotopic (exact) mass is 350 g/mol. The van der Waals surface area contributed by atoms with Crippen molar-refractivity contribution in [2.24, 2.45) is 5.92 Å². The van der Waals surface area contributed by atoms with Crippen molar-refractivity contribution < 1.29 is 9.72 Å². The summed E-state index contributed by atoms with van der Waals surface area (Å²) in [5.41, 5.74) is 2.28. The zero-order valence-corrected chi connectivity index (χ0v) is 14.4. The standard InChI is InChI=1S/C19H18N4O3/c1-12(2)19(24)22-14-5-3-13(4-6-14)21-17-7-8-18(23(25)26)16-11-20-10-9-15(16)17/h3-12,21H,1-2H3,(H,22,24). The van der Waals surface area contributed by atoms with E-state index < -0.39 is 4.92 Å². The number of nitro benzene ring substituents is 1. The molecular formula is C19H18N4O3. The van der Waals surface area contributed by atoms with Crippen LogP contribution < -0.4 is 10.6 Å². The van der Waals surface area contributed by atoms with Gasteiger partial charge in [-0.2, -0.15) is 0 Å². The number of nitrogens with one attached hydrogen (secondary N) is 2. The molecule has 1 heterocycles. The molecule has 2 N–H and O–H groups in total. The van der Waals surface area contributed by atoms with Gasteiger partial charge in [0.1, 0.15) is 0 Å². The number of rotatable bonds is 5. The number of benzene rings is 2. The second-order valence-corrected chi connectivity index (χ2v) is 6.16. The molecule has 7 nitrogen and oxygen atoms in total. The van der Waals surface area contributed by atoms with Crippen LogP contribution in [-0.4, -0.2) is 15.8 Å². The molecule has 7 heteroatoms. The van der Waals surface area contributed by atoms with Crippen molar-refractivity contribution in [3.63, 3.8) is 0 Å². The maximum Gasteiger partial charge on any atom is 0.278 e. The lowest BCUT2D eigenvalue weighted by atomic mass is 10.1. The van der Waals surface area contributed by atoms with E-state index in [4.69, 9.17) is 0 Å². The molecule has 0 aliphatic carbocycles. The van der Waals surface area contributed by atoms with Gasteiger partial charge in [-0.15, -0.1) is 0 Å². The first-order valence-corrected chi connectivity index (χ1v) is 8.15. The summed E-state index contributed by atoms with van der Waals surface area (Å²) in [6, 6.07) is 12.2. The van der Waals surface area contributed by atoms with E-state index in [-0.39, 0.29) is 17.5 Å². The summed E-state index contributed by atoms with van der Waals surface area (Å²) in [7, 11) is 0. The number of nitrogens with zero attached hydrogens (tertiary/aromatic N) is 2. The first-order valence-electron chi connectivity index (χ1n) is 8.15. The third-order valence-corrected chi connectivity index (χ3v) is 3.95. The molecule has 3 rings (SSSR count). The summed E-state index contributed by atoms with van der Waals surface area (Å²) >= 11 is 0. The highest BCUT2D eigenvalue weighted by Gasteiger charge is 2.14. The van der Waals surface area contributed by atoms with Gasteiger partial charge >= 0.3 is 0 Å². The molecule has 0 unspecified atom stereocenters. The summed E-state index contributed by atoms with van der Waals surface area (Å²) < 4.78 is 0. The number of nitro groups is 1. The summed E-state index contributed by atoms with van der Waals surface area (Å²) in [6.45, 7) is 3.67. The minimum atomic E-state index is -0.417. The molecule has 0 saturated carbocycles. The van der Waals surface area contributed by atoms with E-state index in [0.29, 0.717) is 16.5 Å². The Kier molecular flexibility index (Phi) is 4.79. The van der Waals surface area contributed by atoms with Crippen LogP contribution in [0.2, 0.25) is 0 Å². The second kappa shape index (κ2) is 7.18. The van der Waals surface area contributed by atoms with E-state index in [2.05, 4.69) is 15.6 Å². The zero-order chi connectivity index (χ0) is 18.7. The number of aromatic nitrogens is 1. The highest BCUT2D eigenvalue weighted by molar-refractivity contribution is 6.00. The third-order valence-electron chi connectivity index (χ3n) is 3.95. The smallest absolute Gasteiger partial charge is 0.278 e. The summed E-state index contributed by atoms with van der Waals surface area (Å²) in [4.78, 5) is 26.5. The van der Waals surface area contributed by atoms with Crippen LogP contribution in [0.4, 0.5) is 22.7 Å². The van der Waals surface area contributed by atoms with Crippen molar-refractivity contribution in [1.82, 2.24) is 4.98 Å². The molecule has 3 aromatic rings.